The van der Waals surface area contributed by atoms with E-state index in [0.717, 1.165) is 12.8 Å². The Labute approximate surface area is 110 Å². The minimum absolute atomic E-state index is 0.330. The van der Waals surface area contributed by atoms with Gasteiger partial charge in [0.25, 0.3) is 0 Å². The highest BCUT2D eigenvalue weighted by Gasteiger charge is 1.92. The summed E-state index contributed by atoms with van der Waals surface area (Å²) in [4.78, 5) is 0. The zero-order valence-electron chi connectivity index (χ0n) is 10.9. The first-order valence-corrected chi connectivity index (χ1v) is 6.09. The Morgan fingerprint density at radius 1 is 0.611 bits per heavy atom. The molecule has 0 aromatic rings. The van der Waals surface area contributed by atoms with E-state index in [1.54, 1.807) is 0 Å². The topological polar surface area (TPSA) is 36.9 Å². The Morgan fingerprint density at radius 3 is 1.61 bits per heavy atom. The van der Waals surface area contributed by atoms with Gasteiger partial charge < -0.3 is 18.9 Å². The maximum absolute atomic E-state index is 5.31. The number of terminal acetylenes is 2. The summed E-state index contributed by atoms with van der Waals surface area (Å²) in [6, 6.07) is 0. The molecule has 0 fully saturated rings. The lowest BCUT2D eigenvalue weighted by atomic mass is 10.3. The maximum Gasteiger partial charge on any atom is 0.107 e. The smallest absolute Gasteiger partial charge is 0.107 e. The Kier molecular flexibility index (Phi) is 15.0. The van der Waals surface area contributed by atoms with Crippen LogP contribution in [-0.4, -0.2) is 52.9 Å². The van der Waals surface area contributed by atoms with Gasteiger partial charge in [-0.15, -0.1) is 18.8 Å². The SMILES string of the molecule is C#CCCCOCCOCCOCCOCC#C. The predicted octanol–water partition coefficient (Wildman–Crippen LogP) is 1.10. The van der Waals surface area contributed by atoms with Gasteiger partial charge in [0.1, 0.15) is 6.61 Å². The van der Waals surface area contributed by atoms with Crippen LogP contribution in [0.25, 0.3) is 0 Å². The second-order valence-corrected chi connectivity index (χ2v) is 3.40. The minimum atomic E-state index is 0.330. The molecule has 0 amide bonds. The molecule has 0 spiro atoms. The highest BCUT2D eigenvalue weighted by Crippen LogP contribution is 1.88. The molecule has 0 saturated carbocycles. The third-order valence-electron chi connectivity index (χ3n) is 1.91. The van der Waals surface area contributed by atoms with Crippen LogP contribution in [0.2, 0.25) is 0 Å². The van der Waals surface area contributed by atoms with Gasteiger partial charge in [-0.05, 0) is 6.42 Å². The van der Waals surface area contributed by atoms with Crippen LogP contribution in [0.3, 0.4) is 0 Å². The van der Waals surface area contributed by atoms with Crippen molar-refractivity contribution in [3.05, 3.63) is 0 Å². The Hall–Kier alpha value is -1.04. The number of rotatable bonds is 13. The molecule has 0 atom stereocenters. The fourth-order valence-electron chi connectivity index (χ4n) is 1.07. The highest BCUT2D eigenvalue weighted by molar-refractivity contribution is 4.83. The summed E-state index contributed by atoms with van der Waals surface area (Å²) < 4.78 is 20.9. The molecular weight excluding hydrogens is 232 g/mol. The average Bonchev–Trinajstić information content (AvgIpc) is 2.39. The lowest BCUT2D eigenvalue weighted by Gasteiger charge is -2.06. The van der Waals surface area contributed by atoms with E-state index in [2.05, 4.69) is 11.8 Å². The lowest BCUT2D eigenvalue weighted by Crippen LogP contribution is -2.12. The lowest BCUT2D eigenvalue weighted by molar-refractivity contribution is 0.00118. The molecule has 0 rings (SSSR count). The standard InChI is InChI=1S/C14H22O4/c1-3-5-6-8-16-10-12-18-14-13-17-11-9-15-7-4-2/h1-2H,5-14H2. The second-order valence-electron chi connectivity index (χ2n) is 3.40. The molecule has 0 N–H and O–H groups in total. The van der Waals surface area contributed by atoms with Crippen LogP contribution in [-0.2, 0) is 18.9 Å². The average molecular weight is 254 g/mol. The number of hydrogen-bond donors (Lipinski definition) is 0. The predicted molar refractivity (Wildman–Crippen MR) is 70.2 cm³/mol. The summed E-state index contributed by atoms with van der Waals surface area (Å²) in [5.41, 5.74) is 0. The third kappa shape index (κ3) is 15.0. The van der Waals surface area contributed by atoms with Crippen LogP contribution in [0.4, 0.5) is 0 Å². The van der Waals surface area contributed by atoms with Gasteiger partial charge in [-0.25, -0.2) is 0 Å². The molecule has 0 aliphatic rings. The molecule has 4 heteroatoms. The molecule has 102 valence electrons. The van der Waals surface area contributed by atoms with Crippen molar-refractivity contribution in [1.29, 1.82) is 0 Å². The van der Waals surface area contributed by atoms with Crippen LogP contribution in [0, 0.1) is 24.7 Å². The quantitative estimate of drug-likeness (QED) is 0.364. The molecule has 0 unspecified atom stereocenters. The number of hydrogen-bond acceptors (Lipinski definition) is 4. The van der Waals surface area contributed by atoms with E-state index in [-0.39, 0.29) is 0 Å². The summed E-state index contributed by atoms with van der Waals surface area (Å²) in [5.74, 6) is 4.95. The highest BCUT2D eigenvalue weighted by atomic mass is 16.6. The van der Waals surface area contributed by atoms with Crippen molar-refractivity contribution in [2.24, 2.45) is 0 Å². The molecule has 0 saturated heterocycles. The van der Waals surface area contributed by atoms with Crippen LogP contribution in [0.5, 0.6) is 0 Å². The van der Waals surface area contributed by atoms with Crippen LogP contribution < -0.4 is 0 Å². The fraction of sp³-hybridized carbons (Fsp3) is 0.714. The van der Waals surface area contributed by atoms with Crippen LogP contribution in [0.1, 0.15) is 12.8 Å². The fourth-order valence-corrected chi connectivity index (χ4v) is 1.07. The van der Waals surface area contributed by atoms with E-state index in [9.17, 15) is 0 Å². The molecule has 4 nitrogen and oxygen atoms in total. The Bertz CT molecular complexity index is 213. The zero-order chi connectivity index (χ0) is 13.3. The van der Waals surface area contributed by atoms with Gasteiger partial charge in [0, 0.05) is 13.0 Å². The number of unbranched alkanes of at least 4 members (excludes halogenated alkanes) is 1. The van der Waals surface area contributed by atoms with E-state index in [1.165, 1.54) is 0 Å². The van der Waals surface area contributed by atoms with Crippen molar-refractivity contribution < 1.29 is 18.9 Å². The van der Waals surface area contributed by atoms with Crippen molar-refractivity contribution in [2.75, 3.05) is 52.9 Å². The van der Waals surface area contributed by atoms with E-state index in [4.69, 9.17) is 31.8 Å². The summed E-state index contributed by atoms with van der Waals surface area (Å²) in [6.07, 6.45) is 11.8. The molecule has 0 aromatic carbocycles. The Morgan fingerprint density at radius 2 is 1.11 bits per heavy atom. The first-order valence-electron chi connectivity index (χ1n) is 6.09. The maximum atomic E-state index is 5.31. The van der Waals surface area contributed by atoms with Gasteiger partial charge in [-0.3, -0.25) is 0 Å². The van der Waals surface area contributed by atoms with Crippen molar-refractivity contribution in [1.82, 2.24) is 0 Å². The van der Waals surface area contributed by atoms with Gasteiger partial charge in [0.2, 0.25) is 0 Å². The molecule has 0 aromatic heterocycles. The van der Waals surface area contributed by atoms with Gasteiger partial charge in [0.05, 0.1) is 39.6 Å². The zero-order valence-corrected chi connectivity index (χ0v) is 10.9. The van der Waals surface area contributed by atoms with E-state index < -0.39 is 0 Å². The van der Waals surface area contributed by atoms with Crippen molar-refractivity contribution >= 4 is 0 Å². The second kappa shape index (κ2) is 16.0. The Balaban J connectivity index is 2.91. The molecule has 0 heterocycles. The first kappa shape index (κ1) is 17.0. The van der Waals surface area contributed by atoms with E-state index in [1.807, 2.05) is 0 Å². The molecule has 0 radical (unpaired) electrons. The van der Waals surface area contributed by atoms with Crippen LogP contribution >= 0.6 is 0 Å². The molecule has 0 aliphatic carbocycles. The van der Waals surface area contributed by atoms with Gasteiger partial charge in [-0.2, -0.15) is 0 Å². The first-order chi connectivity index (χ1) is 8.91. The molecular formula is C14H22O4. The normalized spacial score (nSPS) is 9.89. The monoisotopic (exact) mass is 254 g/mol. The van der Waals surface area contributed by atoms with Crippen molar-refractivity contribution in [2.45, 2.75) is 12.8 Å². The minimum Gasteiger partial charge on any atom is -0.379 e. The molecule has 0 aliphatic heterocycles. The molecule has 0 bridgehead atoms. The largest absolute Gasteiger partial charge is 0.379 e. The van der Waals surface area contributed by atoms with Crippen molar-refractivity contribution in [3.63, 3.8) is 0 Å². The third-order valence-corrected chi connectivity index (χ3v) is 1.91. The summed E-state index contributed by atoms with van der Waals surface area (Å²) >= 11 is 0. The van der Waals surface area contributed by atoms with Gasteiger partial charge in [0.15, 0.2) is 0 Å². The summed E-state index contributed by atoms with van der Waals surface area (Å²) in [6.45, 7) is 4.35. The number of ether oxygens (including phenoxy) is 4. The van der Waals surface area contributed by atoms with Gasteiger partial charge in [-0.1, -0.05) is 5.92 Å². The van der Waals surface area contributed by atoms with Crippen molar-refractivity contribution in [3.8, 4) is 24.7 Å². The summed E-state index contributed by atoms with van der Waals surface area (Å²) in [7, 11) is 0. The van der Waals surface area contributed by atoms with E-state index >= 15 is 0 Å². The van der Waals surface area contributed by atoms with E-state index in [0.29, 0.717) is 52.9 Å². The summed E-state index contributed by atoms with van der Waals surface area (Å²) in [5, 5.41) is 0. The van der Waals surface area contributed by atoms with Crippen LogP contribution in [0.15, 0.2) is 0 Å². The van der Waals surface area contributed by atoms with Gasteiger partial charge >= 0.3 is 0 Å². The molecule has 18 heavy (non-hydrogen) atoms.